The van der Waals surface area contributed by atoms with E-state index < -0.39 is 29.6 Å². The van der Waals surface area contributed by atoms with Crippen LogP contribution >= 0.6 is 0 Å². The Kier molecular flexibility index (Phi) is 7.27. The number of ketones is 1. The molecule has 8 heteroatoms. The van der Waals surface area contributed by atoms with Gasteiger partial charge in [0.2, 0.25) is 11.8 Å². The molecule has 0 saturated heterocycles. The van der Waals surface area contributed by atoms with E-state index in [0.29, 0.717) is 22.3 Å². The van der Waals surface area contributed by atoms with Crippen molar-refractivity contribution in [1.29, 1.82) is 0 Å². The summed E-state index contributed by atoms with van der Waals surface area (Å²) in [5, 5.41) is 2.52. The summed E-state index contributed by atoms with van der Waals surface area (Å²) < 4.78 is 38.0. The van der Waals surface area contributed by atoms with Crippen molar-refractivity contribution < 1.29 is 27.6 Å². The van der Waals surface area contributed by atoms with E-state index in [9.17, 15) is 27.6 Å². The van der Waals surface area contributed by atoms with Gasteiger partial charge in [-0.25, -0.2) is 0 Å². The summed E-state index contributed by atoms with van der Waals surface area (Å²) in [5.41, 5.74) is 6.68. The molecule has 0 aliphatic carbocycles. The predicted octanol–water partition coefficient (Wildman–Crippen LogP) is 3.69. The number of primary amides is 1. The highest BCUT2D eigenvalue weighted by atomic mass is 19.4. The fourth-order valence-electron chi connectivity index (χ4n) is 3.25. The fraction of sp³-hybridized carbons (Fsp3) is 0.160. The van der Waals surface area contributed by atoms with Crippen molar-refractivity contribution in [3.63, 3.8) is 0 Å². The first-order chi connectivity index (χ1) is 15.6. The molecule has 1 atom stereocenters. The molecule has 3 aromatic rings. The molecular formula is C25H21F3N2O3. The molecular weight excluding hydrogens is 433 g/mol. The molecule has 0 heterocycles. The first-order valence-electron chi connectivity index (χ1n) is 10.1. The van der Waals surface area contributed by atoms with Crippen molar-refractivity contribution in [2.45, 2.75) is 25.1 Å². The van der Waals surface area contributed by atoms with Crippen LogP contribution in [0.4, 0.5) is 13.2 Å². The van der Waals surface area contributed by atoms with Gasteiger partial charge in [-0.15, -0.1) is 0 Å². The van der Waals surface area contributed by atoms with E-state index in [0.717, 1.165) is 12.1 Å². The second-order valence-electron chi connectivity index (χ2n) is 7.49. The number of alkyl halides is 3. The van der Waals surface area contributed by atoms with Crippen molar-refractivity contribution in [1.82, 2.24) is 5.32 Å². The van der Waals surface area contributed by atoms with Crippen LogP contribution in [-0.2, 0) is 28.6 Å². The van der Waals surface area contributed by atoms with Crippen molar-refractivity contribution >= 4 is 17.6 Å². The Morgan fingerprint density at radius 3 is 1.88 bits per heavy atom. The molecule has 0 bridgehead atoms. The smallest absolute Gasteiger partial charge is 0.368 e. The SMILES string of the molecule is NC(=O)[C@@H](Cc1ccc(C(=O)c2ccccc2)cc1)NC(=O)Cc1ccc(C(F)(F)F)cc1. The van der Waals surface area contributed by atoms with Crippen LogP contribution in [0.25, 0.3) is 0 Å². The molecule has 3 N–H and O–H groups in total. The van der Waals surface area contributed by atoms with Crippen LogP contribution < -0.4 is 11.1 Å². The summed E-state index contributed by atoms with van der Waals surface area (Å²) in [6.07, 6.45) is -4.56. The lowest BCUT2D eigenvalue weighted by molar-refractivity contribution is -0.137. The highest BCUT2D eigenvalue weighted by Crippen LogP contribution is 2.29. The molecule has 2 amide bonds. The number of rotatable bonds is 8. The highest BCUT2D eigenvalue weighted by Gasteiger charge is 2.30. The standard InChI is InChI=1S/C25H21F3N2O3/c26-25(27,28)20-12-8-17(9-13-20)15-22(31)30-21(24(29)33)14-16-6-10-19(11-7-16)23(32)18-4-2-1-3-5-18/h1-13,21H,14-15H2,(H2,29,33)(H,30,31)/t21-/m1/s1. The summed E-state index contributed by atoms with van der Waals surface area (Å²) in [4.78, 5) is 36.6. The second kappa shape index (κ2) is 10.1. The molecule has 0 aromatic heterocycles. The molecule has 170 valence electrons. The van der Waals surface area contributed by atoms with Gasteiger partial charge in [0, 0.05) is 17.5 Å². The number of benzene rings is 3. The number of amides is 2. The van der Waals surface area contributed by atoms with Gasteiger partial charge in [0.15, 0.2) is 5.78 Å². The van der Waals surface area contributed by atoms with Crippen molar-refractivity contribution in [2.75, 3.05) is 0 Å². The van der Waals surface area contributed by atoms with E-state index in [1.165, 1.54) is 12.1 Å². The molecule has 0 aliphatic heterocycles. The topological polar surface area (TPSA) is 89.3 Å². The number of hydrogen-bond acceptors (Lipinski definition) is 3. The van der Waals surface area contributed by atoms with E-state index in [-0.39, 0.29) is 18.6 Å². The number of nitrogens with two attached hydrogens (primary N) is 1. The van der Waals surface area contributed by atoms with Gasteiger partial charge < -0.3 is 11.1 Å². The molecule has 33 heavy (non-hydrogen) atoms. The number of hydrogen-bond donors (Lipinski definition) is 2. The summed E-state index contributed by atoms with van der Waals surface area (Å²) in [6, 6.07) is 18.6. The van der Waals surface area contributed by atoms with Gasteiger partial charge in [-0.05, 0) is 23.3 Å². The Balaban J connectivity index is 1.62. The number of carbonyl (C=O) groups is 3. The van der Waals surface area contributed by atoms with E-state index >= 15 is 0 Å². The van der Waals surface area contributed by atoms with Gasteiger partial charge >= 0.3 is 6.18 Å². The van der Waals surface area contributed by atoms with Crippen LogP contribution in [-0.4, -0.2) is 23.6 Å². The minimum atomic E-state index is -4.46. The number of halogens is 3. The lowest BCUT2D eigenvalue weighted by atomic mass is 9.99. The minimum absolute atomic E-state index is 0.105. The fourth-order valence-corrected chi connectivity index (χ4v) is 3.25. The summed E-state index contributed by atoms with van der Waals surface area (Å²) >= 11 is 0. The molecule has 0 unspecified atom stereocenters. The molecule has 5 nitrogen and oxygen atoms in total. The van der Waals surface area contributed by atoms with Gasteiger partial charge in [-0.2, -0.15) is 13.2 Å². The molecule has 3 aromatic carbocycles. The van der Waals surface area contributed by atoms with Crippen LogP contribution in [0.1, 0.15) is 32.6 Å². The maximum Gasteiger partial charge on any atom is 0.416 e. The maximum atomic E-state index is 12.7. The van der Waals surface area contributed by atoms with E-state index in [4.69, 9.17) is 5.73 Å². The summed E-state index contributed by atoms with van der Waals surface area (Å²) in [5.74, 6) is -1.44. The van der Waals surface area contributed by atoms with Crippen LogP contribution in [0.15, 0.2) is 78.9 Å². The summed E-state index contributed by atoms with van der Waals surface area (Å²) in [7, 11) is 0. The Morgan fingerprint density at radius 1 is 0.788 bits per heavy atom. The Morgan fingerprint density at radius 2 is 1.33 bits per heavy atom. The predicted molar refractivity (Wildman–Crippen MR) is 116 cm³/mol. The Bertz CT molecular complexity index is 1130. The third kappa shape index (κ3) is 6.52. The van der Waals surface area contributed by atoms with Crippen molar-refractivity contribution in [3.05, 3.63) is 107 Å². The van der Waals surface area contributed by atoms with E-state index in [2.05, 4.69) is 5.32 Å². The zero-order chi connectivity index (χ0) is 24.0. The maximum absolute atomic E-state index is 12.7. The lowest BCUT2D eigenvalue weighted by Crippen LogP contribution is -2.46. The second-order valence-corrected chi connectivity index (χ2v) is 7.49. The third-order valence-electron chi connectivity index (χ3n) is 5.02. The van der Waals surface area contributed by atoms with Gasteiger partial charge in [-0.3, -0.25) is 14.4 Å². The number of nitrogens with one attached hydrogen (secondary N) is 1. The third-order valence-corrected chi connectivity index (χ3v) is 5.02. The van der Waals surface area contributed by atoms with Crippen LogP contribution in [0.3, 0.4) is 0 Å². The van der Waals surface area contributed by atoms with Gasteiger partial charge in [-0.1, -0.05) is 66.7 Å². The molecule has 0 saturated carbocycles. The molecule has 3 rings (SSSR count). The molecule has 0 aliphatic rings. The minimum Gasteiger partial charge on any atom is -0.368 e. The Hall–Kier alpha value is -3.94. The normalized spacial score (nSPS) is 12.1. The number of carbonyl (C=O) groups excluding carboxylic acids is 3. The van der Waals surface area contributed by atoms with Crippen LogP contribution in [0, 0.1) is 0 Å². The quantitative estimate of drug-likeness (QED) is 0.509. The van der Waals surface area contributed by atoms with Gasteiger partial charge in [0.1, 0.15) is 6.04 Å². The van der Waals surface area contributed by atoms with Gasteiger partial charge in [0.05, 0.1) is 12.0 Å². The first kappa shape index (κ1) is 23.7. The largest absolute Gasteiger partial charge is 0.416 e. The van der Waals surface area contributed by atoms with Crippen molar-refractivity contribution in [3.8, 4) is 0 Å². The van der Waals surface area contributed by atoms with Crippen LogP contribution in [0.2, 0.25) is 0 Å². The monoisotopic (exact) mass is 454 g/mol. The molecule has 0 radical (unpaired) electrons. The van der Waals surface area contributed by atoms with Crippen molar-refractivity contribution in [2.24, 2.45) is 5.73 Å². The van der Waals surface area contributed by atoms with E-state index in [1.807, 2.05) is 6.07 Å². The summed E-state index contributed by atoms with van der Waals surface area (Å²) in [6.45, 7) is 0. The molecule has 0 spiro atoms. The first-order valence-corrected chi connectivity index (χ1v) is 10.1. The lowest BCUT2D eigenvalue weighted by Gasteiger charge is -2.16. The molecule has 0 fully saturated rings. The average Bonchev–Trinajstić information content (AvgIpc) is 2.79. The van der Waals surface area contributed by atoms with Crippen LogP contribution in [0.5, 0.6) is 0 Å². The zero-order valence-corrected chi connectivity index (χ0v) is 17.4. The average molecular weight is 454 g/mol. The van der Waals surface area contributed by atoms with Gasteiger partial charge in [0.25, 0.3) is 0 Å². The van der Waals surface area contributed by atoms with E-state index in [1.54, 1.807) is 48.5 Å². The Labute approximate surface area is 188 Å². The zero-order valence-electron chi connectivity index (χ0n) is 17.4. The highest BCUT2D eigenvalue weighted by molar-refractivity contribution is 6.08.